The fourth-order valence-electron chi connectivity index (χ4n) is 3.51. The highest BCUT2D eigenvalue weighted by molar-refractivity contribution is 7.92. The number of rotatable bonds is 4. The molecule has 1 heterocycles. The van der Waals surface area contributed by atoms with E-state index in [-0.39, 0.29) is 22.9 Å². The van der Waals surface area contributed by atoms with Gasteiger partial charge in [-0.1, -0.05) is 12.0 Å². The van der Waals surface area contributed by atoms with Gasteiger partial charge in [0.25, 0.3) is 0 Å². The summed E-state index contributed by atoms with van der Waals surface area (Å²) in [5.74, 6) is 2.22. The maximum atomic E-state index is 13.0. The van der Waals surface area contributed by atoms with E-state index < -0.39 is 25.9 Å². The Labute approximate surface area is 144 Å². The van der Waals surface area contributed by atoms with Gasteiger partial charge in [-0.25, -0.2) is 16.8 Å². The van der Waals surface area contributed by atoms with Crippen LogP contribution in [0.4, 0.5) is 0 Å². The Bertz CT molecular complexity index is 882. The van der Waals surface area contributed by atoms with Crippen molar-refractivity contribution >= 4 is 19.9 Å². The van der Waals surface area contributed by atoms with Crippen LogP contribution in [0, 0.1) is 12.3 Å². The first-order chi connectivity index (χ1) is 11.3. The number of aryl methyl sites for hydroxylation is 2. The molecule has 0 aromatic heterocycles. The molecule has 1 aliphatic carbocycles. The molecule has 2 aliphatic rings. The first-order valence-corrected chi connectivity index (χ1v) is 11.4. The van der Waals surface area contributed by atoms with Gasteiger partial charge in [-0.05, 0) is 55.4 Å². The van der Waals surface area contributed by atoms with E-state index in [2.05, 4.69) is 5.92 Å². The number of nitrogens with zero attached hydrogens (tertiary/aromatic N) is 1. The number of sulfone groups is 1. The normalized spacial score (nSPS) is 22.9. The summed E-state index contributed by atoms with van der Waals surface area (Å²) >= 11 is 0. The average molecular weight is 367 g/mol. The number of sulfonamides is 1. The second-order valence-electron chi connectivity index (χ2n) is 6.45. The van der Waals surface area contributed by atoms with Gasteiger partial charge in [0.1, 0.15) is 0 Å². The lowest BCUT2D eigenvalue weighted by Crippen LogP contribution is -2.41. The van der Waals surface area contributed by atoms with Gasteiger partial charge in [0.05, 0.1) is 22.9 Å². The topological polar surface area (TPSA) is 71.5 Å². The first kappa shape index (κ1) is 17.5. The lowest BCUT2D eigenvalue weighted by molar-refractivity contribution is 0.371. The highest BCUT2D eigenvalue weighted by atomic mass is 32.2. The molecule has 130 valence electrons. The van der Waals surface area contributed by atoms with Crippen molar-refractivity contribution in [2.45, 2.75) is 43.0 Å². The number of hydrogen-bond donors (Lipinski definition) is 0. The van der Waals surface area contributed by atoms with Gasteiger partial charge in [0.2, 0.25) is 10.0 Å². The van der Waals surface area contributed by atoms with Crippen molar-refractivity contribution in [2.24, 2.45) is 0 Å². The fraction of sp³-hybridized carbons (Fsp3) is 0.529. The summed E-state index contributed by atoms with van der Waals surface area (Å²) in [5.41, 5.74) is 2.27. The molecule has 1 aromatic carbocycles. The maximum Gasteiger partial charge on any atom is 0.244 e. The van der Waals surface area contributed by atoms with Gasteiger partial charge < -0.3 is 0 Å². The van der Waals surface area contributed by atoms with E-state index in [4.69, 9.17) is 6.42 Å². The molecule has 0 radical (unpaired) electrons. The smallest absolute Gasteiger partial charge is 0.229 e. The van der Waals surface area contributed by atoms with Crippen LogP contribution in [0.15, 0.2) is 23.1 Å². The van der Waals surface area contributed by atoms with Crippen molar-refractivity contribution < 1.29 is 16.8 Å². The third-order valence-corrected chi connectivity index (χ3v) is 8.43. The zero-order chi connectivity index (χ0) is 17.4. The maximum absolute atomic E-state index is 13.0. The van der Waals surface area contributed by atoms with E-state index in [0.717, 1.165) is 31.2 Å². The zero-order valence-electron chi connectivity index (χ0n) is 13.4. The molecule has 0 saturated carbocycles. The van der Waals surface area contributed by atoms with Crippen molar-refractivity contribution in [1.29, 1.82) is 0 Å². The summed E-state index contributed by atoms with van der Waals surface area (Å²) < 4.78 is 50.7. The van der Waals surface area contributed by atoms with Gasteiger partial charge in [-0.3, -0.25) is 0 Å². The Morgan fingerprint density at radius 1 is 1.21 bits per heavy atom. The molecule has 1 aliphatic heterocycles. The molecule has 3 rings (SSSR count). The molecule has 1 saturated heterocycles. The molecule has 1 aromatic rings. The Morgan fingerprint density at radius 3 is 2.54 bits per heavy atom. The second-order valence-corrected chi connectivity index (χ2v) is 10.6. The summed E-state index contributed by atoms with van der Waals surface area (Å²) in [7, 11) is -6.99. The van der Waals surface area contributed by atoms with Crippen LogP contribution in [0.5, 0.6) is 0 Å². The Kier molecular flexibility index (Phi) is 4.73. The lowest BCUT2D eigenvalue weighted by atomic mass is 9.92. The molecule has 0 amide bonds. The SMILES string of the molecule is C#CCN(C1CCS(=O)(=O)C1)S(=O)(=O)c1ccc2c(c1)CCCC2. The van der Waals surface area contributed by atoms with E-state index in [0.29, 0.717) is 6.42 Å². The van der Waals surface area contributed by atoms with Crippen LogP contribution in [0.3, 0.4) is 0 Å². The van der Waals surface area contributed by atoms with Crippen LogP contribution in [0.25, 0.3) is 0 Å². The van der Waals surface area contributed by atoms with Gasteiger partial charge in [0, 0.05) is 6.04 Å². The highest BCUT2D eigenvalue weighted by Crippen LogP contribution is 2.28. The van der Waals surface area contributed by atoms with E-state index in [1.807, 2.05) is 6.07 Å². The summed E-state index contributed by atoms with van der Waals surface area (Å²) in [4.78, 5) is 0.211. The molecule has 0 spiro atoms. The molecule has 0 N–H and O–H groups in total. The molecule has 0 bridgehead atoms. The molecule has 1 fully saturated rings. The standard InChI is InChI=1S/C17H21NO4S2/c1-2-10-18(16-9-11-23(19,20)13-16)24(21,22)17-8-7-14-5-3-4-6-15(14)12-17/h1,7-8,12,16H,3-6,9-11,13H2. The highest BCUT2D eigenvalue weighted by Gasteiger charge is 2.38. The minimum absolute atomic E-state index is 0.0123. The van der Waals surface area contributed by atoms with Crippen molar-refractivity contribution in [3.05, 3.63) is 29.3 Å². The number of terminal acetylenes is 1. The van der Waals surface area contributed by atoms with Gasteiger partial charge in [-0.2, -0.15) is 4.31 Å². The van der Waals surface area contributed by atoms with E-state index >= 15 is 0 Å². The molecule has 1 unspecified atom stereocenters. The monoisotopic (exact) mass is 367 g/mol. The van der Waals surface area contributed by atoms with Gasteiger partial charge >= 0.3 is 0 Å². The Balaban J connectivity index is 1.96. The second kappa shape index (κ2) is 6.51. The van der Waals surface area contributed by atoms with Crippen LogP contribution >= 0.6 is 0 Å². The van der Waals surface area contributed by atoms with Crippen molar-refractivity contribution in [3.8, 4) is 12.3 Å². The molecule has 7 heteroatoms. The Morgan fingerprint density at radius 2 is 1.92 bits per heavy atom. The van der Waals surface area contributed by atoms with Crippen LogP contribution in [0.1, 0.15) is 30.4 Å². The van der Waals surface area contributed by atoms with Crippen LogP contribution in [0.2, 0.25) is 0 Å². The van der Waals surface area contributed by atoms with Crippen LogP contribution in [-0.4, -0.2) is 45.2 Å². The largest absolute Gasteiger partial charge is 0.244 e. The lowest BCUT2D eigenvalue weighted by Gasteiger charge is -2.26. The minimum atomic E-state index is -3.80. The van der Waals surface area contributed by atoms with Crippen molar-refractivity contribution in [1.82, 2.24) is 4.31 Å². The van der Waals surface area contributed by atoms with Gasteiger partial charge in [0.15, 0.2) is 9.84 Å². The van der Waals surface area contributed by atoms with Crippen molar-refractivity contribution in [3.63, 3.8) is 0 Å². The number of hydrogen-bond acceptors (Lipinski definition) is 4. The van der Waals surface area contributed by atoms with Crippen LogP contribution < -0.4 is 0 Å². The van der Waals surface area contributed by atoms with Crippen LogP contribution in [-0.2, 0) is 32.7 Å². The average Bonchev–Trinajstić information content (AvgIpc) is 2.91. The fourth-order valence-corrected chi connectivity index (χ4v) is 6.95. The van der Waals surface area contributed by atoms with Crippen molar-refractivity contribution in [2.75, 3.05) is 18.1 Å². The minimum Gasteiger partial charge on any atom is -0.229 e. The predicted molar refractivity (Wildman–Crippen MR) is 92.9 cm³/mol. The van der Waals surface area contributed by atoms with Gasteiger partial charge in [-0.15, -0.1) is 6.42 Å². The molecule has 5 nitrogen and oxygen atoms in total. The first-order valence-electron chi connectivity index (χ1n) is 8.11. The van der Waals surface area contributed by atoms with E-state index in [9.17, 15) is 16.8 Å². The number of benzene rings is 1. The molecular weight excluding hydrogens is 346 g/mol. The summed E-state index contributed by atoms with van der Waals surface area (Å²) in [5, 5.41) is 0. The zero-order valence-corrected chi connectivity index (χ0v) is 15.1. The predicted octanol–water partition coefficient (Wildman–Crippen LogP) is 1.38. The quantitative estimate of drug-likeness (QED) is 0.754. The number of fused-ring (bicyclic) bond motifs is 1. The summed E-state index contributed by atoms with van der Waals surface area (Å²) in [6.45, 7) is -0.112. The third-order valence-electron chi connectivity index (χ3n) is 4.79. The van der Waals surface area contributed by atoms with E-state index in [1.165, 1.54) is 9.87 Å². The molecule has 24 heavy (non-hydrogen) atoms. The summed E-state index contributed by atoms with van der Waals surface area (Å²) in [6, 6.07) is 4.65. The Hall–Kier alpha value is -1.36. The summed E-state index contributed by atoms with van der Waals surface area (Å²) in [6.07, 6.45) is 9.69. The van der Waals surface area contributed by atoms with E-state index in [1.54, 1.807) is 12.1 Å². The third kappa shape index (κ3) is 3.37. The molecular formula is C17H21NO4S2. The molecule has 1 atom stereocenters.